The van der Waals surface area contributed by atoms with E-state index in [9.17, 15) is 9.18 Å². The van der Waals surface area contributed by atoms with Gasteiger partial charge in [-0.05, 0) is 36.5 Å². The van der Waals surface area contributed by atoms with Gasteiger partial charge >= 0.3 is 0 Å². The third-order valence-corrected chi connectivity index (χ3v) is 5.40. The van der Waals surface area contributed by atoms with Crippen LogP contribution in [0.4, 0.5) is 4.39 Å². The lowest BCUT2D eigenvalue weighted by Gasteiger charge is -2.35. The SMILES string of the molecule is N[C@@H]1CCC[C@H]1CC(=O)NCC(c1ccc(F)cc1)N1CCOCC1. The number of benzene rings is 1. The molecule has 1 heterocycles. The van der Waals surface area contributed by atoms with Crippen LogP contribution in [0.3, 0.4) is 0 Å². The number of halogens is 1. The van der Waals surface area contributed by atoms with Crippen LogP contribution in [-0.4, -0.2) is 49.7 Å². The van der Waals surface area contributed by atoms with Crippen LogP contribution in [0, 0.1) is 11.7 Å². The largest absolute Gasteiger partial charge is 0.379 e. The Labute approximate surface area is 148 Å². The van der Waals surface area contributed by atoms with Crippen molar-refractivity contribution in [3.63, 3.8) is 0 Å². The molecule has 0 bridgehead atoms. The Balaban J connectivity index is 1.60. The summed E-state index contributed by atoms with van der Waals surface area (Å²) >= 11 is 0. The number of morpholine rings is 1. The van der Waals surface area contributed by atoms with Gasteiger partial charge in [-0.1, -0.05) is 18.6 Å². The maximum atomic E-state index is 13.3. The number of nitrogens with zero attached hydrogens (tertiary/aromatic N) is 1. The van der Waals surface area contributed by atoms with Gasteiger partial charge in [0.2, 0.25) is 5.91 Å². The standard InChI is InChI=1S/C19H28FN3O2/c20-16-6-4-14(5-7-16)18(23-8-10-25-11-9-23)13-22-19(24)12-15-2-1-3-17(15)21/h4-7,15,17-18H,1-3,8-13,21H2,(H,22,24)/t15-,17+,18?/m0/s1. The molecule has 25 heavy (non-hydrogen) atoms. The Morgan fingerprint density at radius 1 is 1.28 bits per heavy atom. The van der Waals surface area contributed by atoms with E-state index in [2.05, 4.69) is 10.2 Å². The highest BCUT2D eigenvalue weighted by Gasteiger charge is 2.27. The third kappa shape index (κ3) is 5.00. The predicted octanol–water partition coefficient (Wildman–Crippen LogP) is 1.83. The van der Waals surface area contributed by atoms with Crippen molar-refractivity contribution in [1.82, 2.24) is 10.2 Å². The van der Waals surface area contributed by atoms with Crippen molar-refractivity contribution in [2.24, 2.45) is 11.7 Å². The van der Waals surface area contributed by atoms with Crippen molar-refractivity contribution in [2.75, 3.05) is 32.8 Å². The van der Waals surface area contributed by atoms with Crippen LogP contribution in [0.15, 0.2) is 24.3 Å². The zero-order chi connectivity index (χ0) is 17.6. The molecule has 5 nitrogen and oxygen atoms in total. The molecule has 3 rings (SSSR count). The molecule has 1 unspecified atom stereocenters. The number of hydrogen-bond acceptors (Lipinski definition) is 4. The van der Waals surface area contributed by atoms with Crippen LogP contribution in [0.25, 0.3) is 0 Å². The maximum Gasteiger partial charge on any atom is 0.220 e. The van der Waals surface area contributed by atoms with Crippen molar-refractivity contribution >= 4 is 5.91 Å². The number of nitrogens with two attached hydrogens (primary N) is 1. The summed E-state index contributed by atoms with van der Waals surface area (Å²) in [6.45, 7) is 3.51. The zero-order valence-electron chi connectivity index (χ0n) is 14.6. The molecule has 1 aliphatic heterocycles. The fourth-order valence-corrected chi connectivity index (χ4v) is 3.87. The van der Waals surface area contributed by atoms with Gasteiger partial charge in [0.1, 0.15) is 5.82 Å². The van der Waals surface area contributed by atoms with Gasteiger partial charge in [-0.2, -0.15) is 0 Å². The monoisotopic (exact) mass is 349 g/mol. The quantitative estimate of drug-likeness (QED) is 0.822. The fourth-order valence-electron chi connectivity index (χ4n) is 3.87. The van der Waals surface area contributed by atoms with Crippen LogP contribution >= 0.6 is 0 Å². The lowest BCUT2D eigenvalue weighted by atomic mass is 9.99. The molecule has 138 valence electrons. The van der Waals surface area contributed by atoms with Gasteiger partial charge < -0.3 is 15.8 Å². The Hall–Kier alpha value is -1.50. The van der Waals surface area contributed by atoms with Gasteiger partial charge in [-0.3, -0.25) is 9.69 Å². The second-order valence-corrected chi connectivity index (χ2v) is 7.08. The first-order chi connectivity index (χ1) is 12.1. The van der Waals surface area contributed by atoms with Crippen molar-refractivity contribution in [1.29, 1.82) is 0 Å². The van der Waals surface area contributed by atoms with E-state index in [-0.39, 0.29) is 23.8 Å². The summed E-state index contributed by atoms with van der Waals surface area (Å²) < 4.78 is 18.7. The second kappa shape index (κ2) is 8.74. The highest BCUT2D eigenvalue weighted by molar-refractivity contribution is 5.76. The maximum absolute atomic E-state index is 13.3. The van der Waals surface area contributed by atoms with E-state index >= 15 is 0 Å². The Bertz CT molecular complexity index is 560. The van der Waals surface area contributed by atoms with Gasteiger partial charge in [0, 0.05) is 32.1 Å². The van der Waals surface area contributed by atoms with Gasteiger partial charge in [0.25, 0.3) is 0 Å². The van der Waals surface area contributed by atoms with Gasteiger partial charge in [-0.25, -0.2) is 4.39 Å². The summed E-state index contributed by atoms with van der Waals surface area (Å²) in [7, 11) is 0. The molecular formula is C19H28FN3O2. The summed E-state index contributed by atoms with van der Waals surface area (Å²) in [5.41, 5.74) is 7.08. The number of ether oxygens (including phenoxy) is 1. The minimum absolute atomic E-state index is 0.0331. The summed E-state index contributed by atoms with van der Waals surface area (Å²) in [5, 5.41) is 3.07. The number of nitrogens with one attached hydrogen (secondary N) is 1. The Kier molecular flexibility index (Phi) is 6.39. The van der Waals surface area contributed by atoms with Gasteiger partial charge in [-0.15, -0.1) is 0 Å². The average Bonchev–Trinajstić information content (AvgIpc) is 3.02. The highest BCUT2D eigenvalue weighted by atomic mass is 19.1. The van der Waals surface area contributed by atoms with Gasteiger partial charge in [0.05, 0.1) is 19.3 Å². The van der Waals surface area contributed by atoms with Crippen LogP contribution in [0.5, 0.6) is 0 Å². The first-order valence-electron chi connectivity index (χ1n) is 9.23. The molecule has 1 aromatic rings. The van der Waals surface area contributed by atoms with E-state index in [0.717, 1.165) is 37.9 Å². The topological polar surface area (TPSA) is 67.6 Å². The summed E-state index contributed by atoms with van der Waals surface area (Å²) in [5.74, 6) is 0.110. The minimum atomic E-state index is -0.247. The molecule has 0 spiro atoms. The van der Waals surface area contributed by atoms with Crippen molar-refractivity contribution in [3.8, 4) is 0 Å². The lowest BCUT2D eigenvalue weighted by molar-refractivity contribution is -0.122. The summed E-state index contributed by atoms with van der Waals surface area (Å²) in [4.78, 5) is 14.6. The summed E-state index contributed by atoms with van der Waals surface area (Å²) in [6, 6.07) is 6.73. The van der Waals surface area contributed by atoms with Crippen LogP contribution in [-0.2, 0) is 9.53 Å². The smallest absolute Gasteiger partial charge is 0.220 e. The van der Waals surface area contributed by atoms with E-state index < -0.39 is 0 Å². The number of amides is 1. The molecule has 3 atom stereocenters. The van der Waals surface area contributed by atoms with E-state index in [4.69, 9.17) is 10.5 Å². The molecule has 3 N–H and O–H groups in total. The molecule has 1 aliphatic carbocycles. The van der Waals surface area contributed by atoms with Crippen LogP contribution in [0.2, 0.25) is 0 Å². The third-order valence-electron chi connectivity index (χ3n) is 5.40. The van der Waals surface area contributed by atoms with E-state index in [0.29, 0.717) is 32.1 Å². The minimum Gasteiger partial charge on any atom is -0.379 e. The molecule has 0 radical (unpaired) electrons. The average molecular weight is 349 g/mol. The number of carbonyl (C=O) groups excluding carboxylic acids is 1. The first-order valence-corrected chi connectivity index (χ1v) is 9.23. The van der Waals surface area contributed by atoms with Crippen molar-refractivity contribution < 1.29 is 13.9 Å². The molecule has 1 saturated carbocycles. The molecule has 6 heteroatoms. The van der Waals surface area contributed by atoms with Crippen LogP contribution < -0.4 is 11.1 Å². The van der Waals surface area contributed by atoms with Crippen molar-refractivity contribution in [3.05, 3.63) is 35.6 Å². The lowest BCUT2D eigenvalue weighted by Crippen LogP contribution is -2.44. The normalized spacial score (nSPS) is 25.7. The number of hydrogen-bond donors (Lipinski definition) is 2. The fraction of sp³-hybridized carbons (Fsp3) is 0.632. The molecule has 1 amide bonds. The number of rotatable bonds is 6. The first kappa shape index (κ1) is 18.3. The Morgan fingerprint density at radius 3 is 2.64 bits per heavy atom. The Morgan fingerprint density at radius 2 is 2.00 bits per heavy atom. The van der Waals surface area contributed by atoms with Gasteiger partial charge in [0.15, 0.2) is 0 Å². The highest BCUT2D eigenvalue weighted by Crippen LogP contribution is 2.27. The molecule has 0 aromatic heterocycles. The van der Waals surface area contributed by atoms with E-state index in [1.807, 2.05) is 0 Å². The molecular weight excluding hydrogens is 321 g/mol. The van der Waals surface area contributed by atoms with E-state index in [1.54, 1.807) is 12.1 Å². The predicted molar refractivity (Wildman–Crippen MR) is 94.5 cm³/mol. The van der Waals surface area contributed by atoms with E-state index in [1.165, 1.54) is 12.1 Å². The number of carbonyl (C=O) groups is 1. The zero-order valence-corrected chi connectivity index (χ0v) is 14.6. The molecule has 2 aliphatic rings. The van der Waals surface area contributed by atoms with Crippen molar-refractivity contribution in [2.45, 2.75) is 37.8 Å². The van der Waals surface area contributed by atoms with Crippen LogP contribution in [0.1, 0.15) is 37.3 Å². The molecule has 1 saturated heterocycles. The molecule has 2 fully saturated rings. The summed E-state index contributed by atoms with van der Waals surface area (Å²) in [6.07, 6.45) is 3.68. The second-order valence-electron chi connectivity index (χ2n) is 7.08. The molecule has 1 aromatic carbocycles.